The Balaban J connectivity index is 1.81. The molecule has 10 nitrogen and oxygen atoms in total. The van der Waals surface area contributed by atoms with Crippen LogP contribution in [0, 0.1) is 0 Å². The van der Waals surface area contributed by atoms with Crippen LogP contribution in [0.5, 0.6) is 0 Å². The van der Waals surface area contributed by atoms with E-state index in [1.54, 1.807) is 12.1 Å². The number of hydrogen-bond donors (Lipinski definition) is 3. The minimum absolute atomic E-state index is 0.0588. The zero-order chi connectivity index (χ0) is 20.5. The number of carbonyl (C=O) groups excluding carboxylic acids is 3. The number of amides is 3. The lowest BCUT2D eigenvalue weighted by molar-refractivity contribution is -0.192. The highest BCUT2D eigenvalue weighted by atomic mass is 32.2. The fourth-order valence-corrected chi connectivity index (χ4v) is 5.13. The van der Waals surface area contributed by atoms with Crippen molar-refractivity contribution in [2.24, 2.45) is 5.73 Å². The van der Waals surface area contributed by atoms with Crippen molar-refractivity contribution < 1.29 is 33.8 Å². The van der Waals surface area contributed by atoms with Crippen molar-refractivity contribution in [1.82, 2.24) is 10.2 Å². The molecule has 1 fully saturated rings. The third kappa shape index (κ3) is 3.57. The highest BCUT2D eigenvalue weighted by Gasteiger charge is 2.66. The fraction of sp³-hybridized carbons (Fsp3) is 0.375. The van der Waals surface area contributed by atoms with Gasteiger partial charge in [-0.05, 0) is 17.5 Å². The van der Waals surface area contributed by atoms with Crippen LogP contribution in [0.4, 0.5) is 4.79 Å². The summed E-state index contributed by atoms with van der Waals surface area (Å²) in [5, 5.41) is 12.4. The minimum Gasteiger partial charge on any atom is -0.477 e. The van der Waals surface area contributed by atoms with E-state index in [1.165, 1.54) is 24.5 Å². The summed E-state index contributed by atoms with van der Waals surface area (Å²) in [4.78, 5) is 49.5. The molecule has 0 bridgehead atoms. The van der Waals surface area contributed by atoms with Gasteiger partial charge in [0.05, 0.1) is 11.7 Å². The summed E-state index contributed by atoms with van der Waals surface area (Å²) in [5.74, 6) is -2.44. The molecule has 3 heterocycles. The number of hydrogen-bond acceptors (Lipinski definition) is 8. The van der Waals surface area contributed by atoms with E-state index in [2.05, 4.69) is 5.32 Å². The molecule has 2 aliphatic heterocycles. The highest BCUT2D eigenvalue weighted by molar-refractivity contribution is 8.00. The van der Waals surface area contributed by atoms with Crippen molar-refractivity contribution in [3.8, 4) is 0 Å². The van der Waals surface area contributed by atoms with Crippen LogP contribution in [-0.4, -0.2) is 63.9 Å². The zero-order valence-electron chi connectivity index (χ0n) is 14.6. The van der Waals surface area contributed by atoms with Gasteiger partial charge in [0.15, 0.2) is 0 Å². The van der Waals surface area contributed by atoms with E-state index in [1.807, 2.05) is 5.38 Å². The molecule has 28 heavy (non-hydrogen) atoms. The maximum atomic E-state index is 12.7. The molecule has 4 N–H and O–H groups in total. The number of aliphatic carboxylic acids is 1. The van der Waals surface area contributed by atoms with E-state index in [4.69, 9.17) is 15.2 Å². The fourth-order valence-electron chi connectivity index (χ4n) is 2.96. The second kappa shape index (κ2) is 7.81. The third-order valence-corrected chi connectivity index (χ3v) is 6.50. The number of fused-ring (bicyclic) bond motifs is 1. The summed E-state index contributed by atoms with van der Waals surface area (Å²) < 4.78 is 10.1. The number of rotatable bonds is 7. The van der Waals surface area contributed by atoms with Crippen LogP contribution in [0.2, 0.25) is 0 Å². The van der Waals surface area contributed by atoms with Gasteiger partial charge in [-0.3, -0.25) is 14.5 Å². The first kappa shape index (κ1) is 20.2. The number of nitrogens with two attached hydrogens (primary N) is 1. The number of thioether (sulfide) groups is 1. The summed E-state index contributed by atoms with van der Waals surface area (Å²) in [6.45, 7) is -0.182. The zero-order valence-corrected chi connectivity index (χ0v) is 16.2. The summed E-state index contributed by atoms with van der Waals surface area (Å²) in [5.41, 5.74) is 2.98. The first-order valence-electron chi connectivity index (χ1n) is 8.03. The molecule has 3 amide bonds. The molecule has 3 rings (SSSR count). The van der Waals surface area contributed by atoms with Gasteiger partial charge < -0.3 is 25.6 Å². The number of β-lactam (4-membered cyclic amide) rings is 1. The SMILES string of the molecule is COC1(NC(=O)Cc2cccs2)C(=O)N2C(C(=O)O)=CC(COC(N)=O)SC21. The van der Waals surface area contributed by atoms with Crippen LogP contribution >= 0.6 is 23.1 Å². The third-order valence-electron chi connectivity index (χ3n) is 4.20. The number of carboxylic acid groups (broad SMARTS) is 1. The Morgan fingerprint density at radius 2 is 2.18 bits per heavy atom. The summed E-state index contributed by atoms with van der Waals surface area (Å²) in [6.07, 6.45) is 0.362. The Hall–Kier alpha value is -2.57. The molecule has 0 radical (unpaired) electrons. The number of methoxy groups -OCH3 is 1. The molecule has 3 atom stereocenters. The Morgan fingerprint density at radius 1 is 1.43 bits per heavy atom. The molecule has 0 saturated carbocycles. The smallest absolute Gasteiger partial charge is 0.404 e. The average Bonchev–Trinajstić information content (AvgIpc) is 3.15. The van der Waals surface area contributed by atoms with Gasteiger partial charge >= 0.3 is 12.1 Å². The maximum absolute atomic E-state index is 12.7. The predicted octanol–water partition coefficient (Wildman–Crippen LogP) is 0.0970. The average molecular weight is 427 g/mol. The van der Waals surface area contributed by atoms with Gasteiger partial charge in [-0.15, -0.1) is 23.1 Å². The number of primary amides is 1. The molecule has 0 aliphatic carbocycles. The molecular weight excluding hydrogens is 410 g/mol. The van der Waals surface area contributed by atoms with Crippen LogP contribution in [0.25, 0.3) is 0 Å². The van der Waals surface area contributed by atoms with Gasteiger partial charge in [0.2, 0.25) is 5.91 Å². The summed E-state index contributed by atoms with van der Waals surface area (Å²) >= 11 is 2.52. The minimum atomic E-state index is -1.71. The monoisotopic (exact) mass is 427 g/mol. The lowest BCUT2D eigenvalue weighted by Crippen LogP contribution is -2.81. The van der Waals surface area contributed by atoms with Crippen molar-refractivity contribution in [2.45, 2.75) is 22.8 Å². The molecular formula is C16H17N3O7S2. The molecule has 150 valence electrons. The second-order valence-corrected chi connectivity index (χ2v) is 8.29. The topological polar surface area (TPSA) is 148 Å². The Morgan fingerprint density at radius 3 is 2.75 bits per heavy atom. The van der Waals surface area contributed by atoms with E-state index in [0.717, 1.165) is 21.5 Å². The van der Waals surface area contributed by atoms with Crippen LogP contribution in [0.15, 0.2) is 29.3 Å². The van der Waals surface area contributed by atoms with Gasteiger partial charge in [0.25, 0.3) is 11.6 Å². The molecule has 0 spiro atoms. The van der Waals surface area contributed by atoms with E-state index in [-0.39, 0.29) is 18.7 Å². The lowest BCUT2D eigenvalue weighted by atomic mass is 9.99. The summed E-state index contributed by atoms with van der Waals surface area (Å²) in [7, 11) is 1.26. The molecule has 1 aromatic rings. The van der Waals surface area contributed by atoms with Gasteiger partial charge in [0.1, 0.15) is 17.7 Å². The van der Waals surface area contributed by atoms with Crippen LogP contribution in [0.3, 0.4) is 0 Å². The molecule has 1 saturated heterocycles. The molecule has 12 heteroatoms. The molecule has 1 aromatic heterocycles. The first-order valence-corrected chi connectivity index (χ1v) is 9.85. The van der Waals surface area contributed by atoms with Gasteiger partial charge in [-0.2, -0.15) is 0 Å². The quantitative estimate of drug-likeness (QED) is 0.410. The Labute approximate surface area is 167 Å². The number of thiophene rings is 1. The van der Waals surface area contributed by atoms with E-state index in [9.17, 15) is 24.3 Å². The van der Waals surface area contributed by atoms with E-state index in [0.29, 0.717) is 0 Å². The van der Waals surface area contributed by atoms with Gasteiger partial charge in [0, 0.05) is 12.0 Å². The van der Waals surface area contributed by atoms with E-state index >= 15 is 0 Å². The molecule has 0 aromatic carbocycles. The Bertz CT molecular complexity index is 841. The van der Waals surface area contributed by atoms with Crippen LogP contribution in [0.1, 0.15) is 4.88 Å². The largest absolute Gasteiger partial charge is 0.477 e. The van der Waals surface area contributed by atoms with Gasteiger partial charge in [-0.1, -0.05) is 6.07 Å². The second-order valence-electron chi connectivity index (χ2n) is 5.93. The molecule has 3 unspecified atom stereocenters. The van der Waals surface area contributed by atoms with E-state index < -0.39 is 40.2 Å². The van der Waals surface area contributed by atoms with Crippen molar-refractivity contribution in [2.75, 3.05) is 13.7 Å². The van der Waals surface area contributed by atoms with Crippen LogP contribution in [-0.2, 0) is 30.3 Å². The highest BCUT2D eigenvalue weighted by Crippen LogP contribution is 2.47. The Kier molecular flexibility index (Phi) is 5.63. The van der Waals surface area contributed by atoms with Gasteiger partial charge in [-0.25, -0.2) is 9.59 Å². The number of carboxylic acids is 1. The first-order chi connectivity index (χ1) is 13.3. The van der Waals surface area contributed by atoms with Crippen molar-refractivity contribution in [1.29, 1.82) is 0 Å². The van der Waals surface area contributed by atoms with Crippen LogP contribution < -0.4 is 11.1 Å². The maximum Gasteiger partial charge on any atom is 0.404 e. The normalized spacial score (nSPS) is 26.0. The lowest BCUT2D eigenvalue weighted by Gasteiger charge is -2.56. The van der Waals surface area contributed by atoms with Crippen molar-refractivity contribution in [3.05, 3.63) is 34.2 Å². The van der Waals surface area contributed by atoms with Crippen molar-refractivity contribution in [3.63, 3.8) is 0 Å². The summed E-state index contributed by atoms with van der Waals surface area (Å²) in [6, 6.07) is 3.59. The number of ether oxygens (including phenoxy) is 2. The number of carbonyl (C=O) groups is 4. The molecule has 2 aliphatic rings. The van der Waals surface area contributed by atoms with Crippen molar-refractivity contribution >= 4 is 47.0 Å². The number of nitrogens with one attached hydrogen (secondary N) is 1. The number of nitrogens with zero attached hydrogens (tertiary/aromatic N) is 1. The standard InChI is InChI=1S/C16H17N3O7S2/c1-25-16(18-11(20)6-8-3-2-4-27-8)13(23)19-10(12(21)22)5-9(28-14(16)19)7-26-15(17)24/h2-5,9,14H,6-7H2,1H3,(H2,17,24)(H,18,20)(H,21,22). The predicted molar refractivity (Wildman–Crippen MR) is 99.2 cm³/mol.